The molecule has 1 atom stereocenters. The van der Waals surface area contributed by atoms with Crippen molar-refractivity contribution in [3.8, 4) is 11.5 Å². The van der Waals surface area contributed by atoms with Gasteiger partial charge in [0.25, 0.3) is 0 Å². The fourth-order valence-electron chi connectivity index (χ4n) is 3.77. The maximum atomic E-state index is 13.3. The normalized spacial score (nSPS) is 18.3. The average Bonchev–Trinajstić information content (AvgIpc) is 2.77. The van der Waals surface area contributed by atoms with Gasteiger partial charge in [-0.2, -0.15) is 0 Å². The monoisotopic (exact) mass is 464 g/mol. The van der Waals surface area contributed by atoms with Gasteiger partial charge in [0.15, 0.2) is 11.6 Å². The summed E-state index contributed by atoms with van der Waals surface area (Å²) in [7, 11) is 0. The molecule has 176 valence electrons. The minimum atomic E-state index is -1.68. The van der Waals surface area contributed by atoms with Crippen LogP contribution in [0.4, 0.5) is 0 Å². The van der Waals surface area contributed by atoms with Crippen LogP contribution in [0.5, 0.6) is 11.5 Å². The van der Waals surface area contributed by atoms with Crippen molar-refractivity contribution >= 4 is 23.6 Å². The lowest BCUT2D eigenvalue weighted by Gasteiger charge is -2.33. The van der Waals surface area contributed by atoms with Gasteiger partial charge in [0.2, 0.25) is 0 Å². The van der Waals surface area contributed by atoms with E-state index in [9.17, 15) is 39.9 Å². The molecule has 5 N–H and O–H groups in total. The molecule has 2 aromatic carbocycles. The van der Waals surface area contributed by atoms with Crippen LogP contribution in [0, 0.1) is 5.41 Å². The predicted octanol–water partition coefficient (Wildman–Crippen LogP) is 4.17. The molecule has 8 heteroatoms. The van der Waals surface area contributed by atoms with Crippen LogP contribution in [-0.4, -0.2) is 43.1 Å². The minimum absolute atomic E-state index is 0.0476. The van der Waals surface area contributed by atoms with Crippen LogP contribution in [0.1, 0.15) is 37.3 Å². The molecule has 0 fully saturated rings. The number of carbonyl (C=O) groups excluding carboxylic acids is 2. The zero-order valence-electron chi connectivity index (χ0n) is 18.5. The maximum Gasteiger partial charge on any atom is 0.304 e. The Kier molecular flexibility index (Phi) is 6.63. The number of aliphatic carboxylic acids is 1. The van der Waals surface area contributed by atoms with Gasteiger partial charge in [-0.1, -0.05) is 30.3 Å². The molecular weight excluding hydrogens is 440 g/mol. The molecule has 8 nitrogen and oxygen atoms in total. The van der Waals surface area contributed by atoms with E-state index >= 15 is 0 Å². The molecule has 1 aliphatic rings. The molecule has 0 aromatic heterocycles. The third kappa shape index (κ3) is 4.71. The Bertz CT molecular complexity index is 1230. The number of benzene rings is 2. The van der Waals surface area contributed by atoms with Gasteiger partial charge in [0.05, 0.1) is 11.8 Å². The second kappa shape index (κ2) is 9.27. The van der Waals surface area contributed by atoms with E-state index in [0.717, 1.165) is 0 Å². The minimum Gasteiger partial charge on any atom is -0.508 e. The molecule has 0 saturated heterocycles. The van der Waals surface area contributed by atoms with E-state index in [2.05, 4.69) is 0 Å². The molecule has 2 aromatic rings. The molecule has 0 heterocycles. The fraction of sp³-hybridized carbons (Fsp3) is 0.192. The number of hydrogen-bond donors (Lipinski definition) is 5. The standard InChI is InChI=1S/C26H24O8/c1-26(2)24(33)21(18(13-20(30)31)15-6-10-17(28)11-7-15)23(32)22(25(26)34)19(29)12-5-14-3-8-16(27)9-4-14/h3-12,18,27-29,32H,13H2,1-2H3,(H,30,31)/b12-5+,22-19+. The predicted molar refractivity (Wildman–Crippen MR) is 123 cm³/mol. The number of rotatable bonds is 6. The molecule has 0 amide bonds. The lowest BCUT2D eigenvalue weighted by molar-refractivity contribution is -0.137. The van der Waals surface area contributed by atoms with E-state index in [1.807, 2.05) is 0 Å². The number of carboxylic acids is 1. The van der Waals surface area contributed by atoms with E-state index in [1.165, 1.54) is 62.4 Å². The van der Waals surface area contributed by atoms with E-state index in [0.29, 0.717) is 11.1 Å². The smallest absolute Gasteiger partial charge is 0.304 e. The quantitative estimate of drug-likeness (QED) is 0.243. The summed E-state index contributed by atoms with van der Waals surface area (Å²) in [5.41, 5.74) is -1.56. The topological polar surface area (TPSA) is 152 Å². The number of allylic oxidation sites excluding steroid dienone is 3. The lowest BCUT2D eigenvalue weighted by atomic mass is 9.67. The summed E-state index contributed by atoms with van der Waals surface area (Å²) < 4.78 is 0. The third-order valence-corrected chi connectivity index (χ3v) is 5.70. The molecule has 0 spiro atoms. The van der Waals surface area contributed by atoms with Crippen molar-refractivity contribution < 1.29 is 39.9 Å². The number of carbonyl (C=O) groups is 3. The van der Waals surface area contributed by atoms with E-state index in [-0.39, 0.29) is 17.1 Å². The first-order valence-electron chi connectivity index (χ1n) is 10.4. The van der Waals surface area contributed by atoms with E-state index < -0.39 is 52.4 Å². The van der Waals surface area contributed by atoms with Crippen LogP contribution in [0.2, 0.25) is 0 Å². The third-order valence-electron chi connectivity index (χ3n) is 5.70. The summed E-state index contributed by atoms with van der Waals surface area (Å²) in [6.07, 6.45) is 2.05. The van der Waals surface area contributed by atoms with Gasteiger partial charge in [0.1, 0.15) is 28.6 Å². The Morgan fingerprint density at radius 3 is 1.94 bits per heavy atom. The molecule has 3 rings (SSSR count). The Morgan fingerprint density at radius 2 is 1.41 bits per heavy atom. The molecule has 1 aliphatic carbocycles. The fourth-order valence-corrected chi connectivity index (χ4v) is 3.77. The van der Waals surface area contributed by atoms with Gasteiger partial charge in [-0.3, -0.25) is 14.4 Å². The first-order chi connectivity index (χ1) is 15.9. The zero-order valence-corrected chi connectivity index (χ0v) is 18.5. The van der Waals surface area contributed by atoms with Crippen LogP contribution in [0.25, 0.3) is 6.08 Å². The summed E-state index contributed by atoms with van der Waals surface area (Å²) in [5, 5.41) is 50.2. The SMILES string of the molecule is CC1(C)C(=O)C(C(CC(=O)O)c2ccc(O)cc2)=C(O)/C(=C(O)/C=C/c2ccc(O)cc2)C1=O. The molecule has 0 saturated carbocycles. The average molecular weight is 464 g/mol. The summed E-state index contributed by atoms with van der Waals surface area (Å²) in [6, 6.07) is 11.5. The summed E-state index contributed by atoms with van der Waals surface area (Å²) in [4.78, 5) is 38.0. The number of aromatic hydroxyl groups is 2. The van der Waals surface area contributed by atoms with Crippen LogP contribution >= 0.6 is 0 Å². The maximum absolute atomic E-state index is 13.3. The van der Waals surface area contributed by atoms with E-state index in [4.69, 9.17) is 0 Å². The second-order valence-electron chi connectivity index (χ2n) is 8.47. The highest BCUT2D eigenvalue weighted by molar-refractivity contribution is 6.24. The van der Waals surface area contributed by atoms with E-state index in [1.54, 1.807) is 12.1 Å². The Labute approximate surface area is 195 Å². The molecule has 0 bridgehead atoms. The number of hydrogen-bond acceptors (Lipinski definition) is 7. The second-order valence-corrected chi connectivity index (χ2v) is 8.47. The number of phenolic OH excluding ortho intramolecular Hbond substituents is 2. The Hall–Kier alpha value is -4.33. The molecule has 0 radical (unpaired) electrons. The molecule has 1 unspecified atom stereocenters. The largest absolute Gasteiger partial charge is 0.508 e. The van der Waals surface area contributed by atoms with Crippen molar-refractivity contribution in [2.75, 3.05) is 0 Å². The molecule has 0 aliphatic heterocycles. The van der Waals surface area contributed by atoms with Gasteiger partial charge in [-0.25, -0.2) is 0 Å². The van der Waals surface area contributed by atoms with Gasteiger partial charge < -0.3 is 25.5 Å². The van der Waals surface area contributed by atoms with Gasteiger partial charge >= 0.3 is 5.97 Å². The number of aliphatic hydroxyl groups is 2. The summed E-state index contributed by atoms with van der Waals surface area (Å²) >= 11 is 0. The van der Waals surface area contributed by atoms with Crippen molar-refractivity contribution in [3.63, 3.8) is 0 Å². The summed E-state index contributed by atoms with van der Waals surface area (Å²) in [6.45, 7) is 2.69. The van der Waals surface area contributed by atoms with Crippen LogP contribution in [0.15, 0.2) is 77.3 Å². The highest BCUT2D eigenvalue weighted by Crippen LogP contribution is 2.43. The zero-order chi connectivity index (χ0) is 25.2. The lowest BCUT2D eigenvalue weighted by Crippen LogP contribution is -2.42. The Balaban J connectivity index is 2.20. The van der Waals surface area contributed by atoms with Crippen LogP contribution < -0.4 is 0 Å². The number of Topliss-reactive ketones (excluding diaryl/α,β-unsaturated/α-hetero) is 2. The molecular formula is C26H24O8. The first-order valence-corrected chi connectivity index (χ1v) is 10.4. The van der Waals surface area contributed by atoms with Gasteiger partial charge in [-0.05, 0) is 55.3 Å². The number of ketones is 2. The molecule has 34 heavy (non-hydrogen) atoms. The van der Waals surface area contributed by atoms with Crippen LogP contribution in [0.3, 0.4) is 0 Å². The summed E-state index contributed by atoms with van der Waals surface area (Å²) in [5.74, 6) is -5.37. The number of aliphatic hydroxyl groups excluding tert-OH is 2. The van der Waals surface area contributed by atoms with Crippen molar-refractivity contribution in [1.29, 1.82) is 0 Å². The highest BCUT2D eigenvalue weighted by atomic mass is 16.4. The van der Waals surface area contributed by atoms with Crippen molar-refractivity contribution in [3.05, 3.63) is 88.4 Å². The number of phenols is 2. The number of carboxylic acid groups (broad SMARTS) is 1. The van der Waals surface area contributed by atoms with Gasteiger partial charge in [0, 0.05) is 11.5 Å². The van der Waals surface area contributed by atoms with Crippen molar-refractivity contribution in [2.24, 2.45) is 5.41 Å². The van der Waals surface area contributed by atoms with Crippen LogP contribution in [-0.2, 0) is 14.4 Å². The van der Waals surface area contributed by atoms with Gasteiger partial charge in [-0.15, -0.1) is 0 Å². The van der Waals surface area contributed by atoms with Crippen molar-refractivity contribution in [2.45, 2.75) is 26.2 Å². The first kappa shape index (κ1) is 24.3. The Morgan fingerprint density at radius 1 is 0.882 bits per heavy atom. The van der Waals surface area contributed by atoms with Crippen molar-refractivity contribution in [1.82, 2.24) is 0 Å². The highest BCUT2D eigenvalue weighted by Gasteiger charge is 2.49.